The molecule has 1 fully saturated rings. The van der Waals surface area contributed by atoms with Gasteiger partial charge in [-0.25, -0.2) is 13.5 Å². The number of aliphatic imine (C=N–C) groups is 1. The molecule has 8 nitrogen and oxygen atoms in total. The number of nitrogens with two attached hydrogens (primary N) is 1. The van der Waals surface area contributed by atoms with Crippen molar-refractivity contribution >= 4 is 46.1 Å². The van der Waals surface area contributed by atoms with Crippen LogP contribution in [0.3, 0.4) is 0 Å². The summed E-state index contributed by atoms with van der Waals surface area (Å²) < 4.78 is 29.0. The lowest BCUT2D eigenvalue weighted by Crippen LogP contribution is -2.55. The van der Waals surface area contributed by atoms with E-state index >= 15 is 0 Å². The smallest absolute Gasteiger partial charge is 0.266 e. The molecule has 2 atom stereocenters. The van der Waals surface area contributed by atoms with Gasteiger partial charge in [0.2, 0.25) is 5.91 Å². The molecule has 0 aliphatic carbocycles. The zero-order valence-electron chi connectivity index (χ0n) is 18.5. The van der Waals surface area contributed by atoms with E-state index in [0.717, 1.165) is 5.56 Å². The van der Waals surface area contributed by atoms with E-state index in [2.05, 4.69) is 0 Å². The number of ether oxygens (including phenoxy) is 1. The third-order valence-corrected chi connectivity index (χ3v) is 7.22. The van der Waals surface area contributed by atoms with Gasteiger partial charge in [-0.1, -0.05) is 35.9 Å². The molecule has 2 aromatic rings. The van der Waals surface area contributed by atoms with Gasteiger partial charge in [-0.05, 0) is 50.5 Å². The van der Waals surface area contributed by atoms with Crippen LogP contribution in [0.1, 0.15) is 37.3 Å². The summed E-state index contributed by atoms with van der Waals surface area (Å²) in [6.45, 7) is 4.87. The molecule has 10 heteroatoms. The molecule has 4 rings (SSSR count). The maximum atomic E-state index is 13.2. The Bertz CT molecular complexity index is 1120. The van der Waals surface area contributed by atoms with Crippen molar-refractivity contribution in [1.29, 1.82) is 0 Å². The van der Waals surface area contributed by atoms with Gasteiger partial charge in [0, 0.05) is 24.8 Å². The number of anilines is 2. The monoisotopic (exact) mass is 490 g/mol. The number of hydrogen-bond donors (Lipinski definition) is 2. The first kappa shape index (κ1) is 23.7. The van der Waals surface area contributed by atoms with Gasteiger partial charge >= 0.3 is 0 Å². The first-order valence-electron chi connectivity index (χ1n) is 10.7. The van der Waals surface area contributed by atoms with Gasteiger partial charge < -0.3 is 10.5 Å². The molecule has 33 heavy (non-hydrogen) atoms. The van der Waals surface area contributed by atoms with E-state index in [1.165, 1.54) is 4.31 Å². The Morgan fingerprint density at radius 2 is 1.97 bits per heavy atom. The van der Waals surface area contributed by atoms with Crippen LogP contribution in [0.15, 0.2) is 47.5 Å². The topological polar surface area (TPSA) is 108 Å². The number of carbonyl (C=O) groups is 1. The van der Waals surface area contributed by atoms with E-state index in [1.54, 1.807) is 48.2 Å². The molecule has 0 saturated carbocycles. The fourth-order valence-corrected chi connectivity index (χ4v) is 5.58. The molecule has 0 radical (unpaired) electrons. The van der Waals surface area contributed by atoms with Crippen molar-refractivity contribution in [2.24, 2.45) is 10.7 Å². The second-order valence-electron chi connectivity index (χ2n) is 8.53. The van der Waals surface area contributed by atoms with Crippen molar-refractivity contribution < 1.29 is 18.3 Å². The molecule has 1 saturated heterocycles. The average molecular weight is 491 g/mol. The molecule has 0 aromatic heterocycles. The van der Waals surface area contributed by atoms with Crippen molar-refractivity contribution in [3.05, 3.63) is 58.6 Å². The number of benzene rings is 2. The first-order chi connectivity index (χ1) is 15.7. The van der Waals surface area contributed by atoms with E-state index in [0.29, 0.717) is 43.0 Å². The number of amides is 1. The Morgan fingerprint density at radius 3 is 2.61 bits per heavy atom. The number of rotatable bonds is 5. The second kappa shape index (κ2) is 9.42. The molecule has 1 amide bonds. The quantitative estimate of drug-likeness (QED) is 0.618. The number of nitrogens with zero attached hydrogens (tertiary/aromatic N) is 3. The minimum Gasteiger partial charge on any atom is -0.381 e. The summed E-state index contributed by atoms with van der Waals surface area (Å²) in [5.41, 5.74) is 7.64. The fourth-order valence-electron chi connectivity index (χ4n) is 4.50. The van der Waals surface area contributed by atoms with Crippen LogP contribution in [0.4, 0.5) is 11.4 Å². The van der Waals surface area contributed by atoms with E-state index in [-0.39, 0.29) is 29.4 Å². The Hall–Kier alpha value is -2.46. The Kier molecular flexibility index (Phi) is 6.76. The molecule has 2 aliphatic heterocycles. The van der Waals surface area contributed by atoms with E-state index < -0.39 is 16.8 Å². The third-order valence-electron chi connectivity index (χ3n) is 6.10. The highest BCUT2D eigenvalue weighted by molar-refractivity contribution is 7.81. The standard InChI is InChI=1S/C23H27ClN4O4S/c1-15-5-3-6-17(13-15)28(33(30)31)19-8-4-7-18(21(19)24)23(2)14-20(29)27(22(25)26-23)16-9-11-32-12-10-16/h3-8,13,16H,9-12,14H2,1-2H3,(H2,25,26)(H,30,31)/t23-/m0/s1. The number of halogens is 1. The minimum absolute atomic E-state index is 0.0324. The van der Waals surface area contributed by atoms with Crippen LogP contribution < -0.4 is 10.0 Å². The zero-order valence-corrected chi connectivity index (χ0v) is 20.1. The number of guanidine groups is 1. The predicted molar refractivity (Wildman–Crippen MR) is 130 cm³/mol. The van der Waals surface area contributed by atoms with Gasteiger partial charge in [0.1, 0.15) is 0 Å². The summed E-state index contributed by atoms with van der Waals surface area (Å²) in [4.78, 5) is 19.4. The second-order valence-corrected chi connectivity index (χ2v) is 9.74. The van der Waals surface area contributed by atoms with Crippen LogP contribution in [0.5, 0.6) is 0 Å². The zero-order chi connectivity index (χ0) is 23.8. The molecule has 2 heterocycles. The maximum Gasteiger partial charge on any atom is 0.266 e. The molecule has 2 aliphatic rings. The van der Waals surface area contributed by atoms with Crippen LogP contribution >= 0.6 is 11.6 Å². The van der Waals surface area contributed by atoms with Crippen LogP contribution in [-0.2, 0) is 26.3 Å². The van der Waals surface area contributed by atoms with Gasteiger partial charge in [0.25, 0.3) is 11.3 Å². The van der Waals surface area contributed by atoms with Gasteiger partial charge in [0.15, 0.2) is 5.96 Å². The SMILES string of the molecule is Cc1cccc(N(c2cccc([C@]3(C)CC(=O)N(C4CCOCC4)C(N)=N3)c2Cl)S(=O)O)c1. The van der Waals surface area contributed by atoms with Gasteiger partial charge in [0.05, 0.1) is 28.4 Å². The Morgan fingerprint density at radius 1 is 1.27 bits per heavy atom. The van der Waals surface area contributed by atoms with Crippen molar-refractivity contribution in [3.63, 3.8) is 0 Å². The normalized spacial score (nSPS) is 22.7. The summed E-state index contributed by atoms with van der Waals surface area (Å²) in [5.74, 6) is 0.0306. The highest BCUT2D eigenvalue weighted by Gasteiger charge is 2.42. The molecule has 0 spiro atoms. The summed E-state index contributed by atoms with van der Waals surface area (Å²) in [6, 6.07) is 12.4. The van der Waals surface area contributed by atoms with Crippen molar-refractivity contribution in [1.82, 2.24) is 4.90 Å². The number of hydrogen-bond acceptors (Lipinski definition) is 5. The van der Waals surface area contributed by atoms with Crippen LogP contribution in [0.2, 0.25) is 5.02 Å². The van der Waals surface area contributed by atoms with Gasteiger partial charge in [-0.15, -0.1) is 0 Å². The molecule has 176 valence electrons. The van der Waals surface area contributed by atoms with Crippen LogP contribution in [-0.4, -0.2) is 44.8 Å². The van der Waals surface area contributed by atoms with Gasteiger partial charge in [-0.3, -0.25) is 14.2 Å². The lowest BCUT2D eigenvalue weighted by atomic mass is 9.86. The lowest BCUT2D eigenvalue weighted by Gasteiger charge is -2.40. The highest BCUT2D eigenvalue weighted by Crippen LogP contribution is 2.43. The third kappa shape index (κ3) is 4.63. The molecule has 0 bridgehead atoms. The first-order valence-corrected chi connectivity index (χ1v) is 12.2. The Labute approximate surface area is 200 Å². The molecular formula is C23H27ClN4O4S. The summed E-state index contributed by atoms with van der Waals surface area (Å²) in [7, 11) is 0. The molecular weight excluding hydrogens is 464 g/mol. The van der Waals surface area contributed by atoms with E-state index in [4.69, 9.17) is 27.1 Å². The maximum absolute atomic E-state index is 13.2. The number of aryl methyl sites for hydroxylation is 1. The van der Waals surface area contributed by atoms with Crippen molar-refractivity contribution in [2.75, 3.05) is 17.5 Å². The van der Waals surface area contributed by atoms with E-state index in [9.17, 15) is 13.6 Å². The number of carbonyl (C=O) groups excluding carboxylic acids is 1. The molecule has 2 aromatic carbocycles. The summed E-state index contributed by atoms with van der Waals surface area (Å²) >= 11 is 4.43. The summed E-state index contributed by atoms with van der Waals surface area (Å²) in [5, 5.41) is 0.243. The molecule has 3 N–H and O–H groups in total. The highest BCUT2D eigenvalue weighted by atomic mass is 35.5. The predicted octanol–water partition coefficient (Wildman–Crippen LogP) is 3.86. The molecule has 1 unspecified atom stereocenters. The van der Waals surface area contributed by atoms with Gasteiger partial charge in [-0.2, -0.15) is 0 Å². The largest absolute Gasteiger partial charge is 0.381 e. The average Bonchev–Trinajstić information content (AvgIpc) is 2.75. The lowest BCUT2D eigenvalue weighted by molar-refractivity contribution is -0.132. The van der Waals surface area contributed by atoms with Crippen LogP contribution in [0, 0.1) is 6.92 Å². The minimum atomic E-state index is -2.37. The van der Waals surface area contributed by atoms with Crippen molar-refractivity contribution in [3.8, 4) is 0 Å². The van der Waals surface area contributed by atoms with E-state index in [1.807, 2.05) is 13.0 Å². The van der Waals surface area contributed by atoms with Crippen molar-refractivity contribution in [2.45, 2.75) is 44.7 Å². The van der Waals surface area contributed by atoms with Crippen LogP contribution in [0.25, 0.3) is 0 Å². The fraction of sp³-hybridized carbons (Fsp3) is 0.391. The Balaban J connectivity index is 1.74. The summed E-state index contributed by atoms with van der Waals surface area (Å²) in [6.07, 6.45) is 1.51.